The van der Waals surface area contributed by atoms with Crippen molar-refractivity contribution in [2.24, 2.45) is 28.6 Å². The third-order valence-electron chi connectivity index (χ3n) is 7.93. The average molecular weight is 304 g/mol. The molecular formula is C19H28O3. The summed E-state index contributed by atoms with van der Waals surface area (Å²) in [5.74, 6) is 1.44. The molecule has 0 aromatic carbocycles. The van der Waals surface area contributed by atoms with E-state index in [0.29, 0.717) is 30.6 Å². The van der Waals surface area contributed by atoms with Gasteiger partial charge in [0, 0.05) is 6.42 Å². The monoisotopic (exact) mass is 304 g/mol. The highest BCUT2D eigenvalue weighted by Gasteiger charge is 2.61. The smallest absolute Gasteiger partial charge is 0.155 e. The maximum atomic E-state index is 11.8. The molecule has 0 aliphatic heterocycles. The van der Waals surface area contributed by atoms with Crippen LogP contribution in [0.3, 0.4) is 0 Å². The topological polar surface area (TPSA) is 57.5 Å². The Hall–Kier alpha value is -0.670. The van der Waals surface area contributed by atoms with Crippen LogP contribution in [0.5, 0.6) is 0 Å². The lowest BCUT2D eigenvalue weighted by atomic mass is 9.46. The second-order valence-electron chi connectivity index (χ2n) is 8.75. The lowest BCUT2D eigenvalue weighted by Gasteiger charge is -2.59. The van der Waals surface area contributed by atoms with Crippen LogP contribution in [0.4, 0.5) is 0 Å². The highest BCUT2D eigenvalue weighted by atomic mass is 16.3. The number of rotatable bonds is 0. The molecule has 4 unspecified atom stereocenters. The lowest BCUT2D eigenvalue weighted by molar-refractivity contribution is -0.127. The summed E-state index contributed by atoms with van der Waals surface area (Å²) in [6.07, 6.45) is 7.61. The van der Waals surface area contributed by atoms with Crippen molar-refractivity contribution in [1.29, 1.82) is 0 Å². The highest BCUT2D eigenvalue weighted by Crippen LogP contribution is 2.65. The minimum Gasteiger partial charge on any atom is -0.393 e. The van der Waals surface area contributed by atoms with E-state index >= 15 is 0 Å². The van der Waals surface area contributed by atoms with Crippen molar-refractivity contribution >= 4 is 5.78 Å². The first-order valence-corrected chi connectivity index (χ1v) is 8.96. The summed E-state index contributed by atoms with van der Waals surface area (Å²) in [6.45, 7) is 4.55. The Morgan fingerprint density at radius 2 is 1.86 bits per heavy atom. The van der Waals surface area contributed by atoms with E-state index in [2.05, 4.69) is 13.8 Å². The Bertz CT molecular complexity index is 539. The van der Waals surface area contributed by atoms with Crippen molar-refractivity contribution < 1.29 is 15.0 Å². The van der Waals surface area contributed by atoms with Gasteiger partial charge in [0.2, 0.25) is 0 Å². The largest absolute Gasteiger partial charge is 0.393 e. The van der Waals surface area contributed by atoms with E-state index in [-0.39, 0.29) is 28.8 Å². The first kappa shape index (κ1) is 14.9. The van der Waals surface area contributed by atoms with Gasteiger partial charge in [0.15, 0.2) is 5.78 Å². The molecule has 2 N–H and O–H groups in total. The molecule has 0 aromatic rings. The summed E-state index contributed by atoms with van der Waals surface area (Å²) in [5.41, 5.74) is 1.27. The van der Waals surface area contributed by atoms with E-state index in [1.165, 1.54) is 5.57 Å². The van der Waals surface area contributed by atoms with E-state index < -0.39 is 0 Å². The van der Waals surface area contributed by atoms with Gasteiger partial charge in [-0.3, -0.25) is 4.79 Å². The Kier molecular flexibility index (Phi) is 3.16. The fourth-order valence-corrected chi connectivity index (χ4v) is 6.50. The zero-order valence-corrected chi connectivity index (χ0v) is 13.7. The number of carbonyl (C=O) groups is 1. The van der Waals surface area contributed by atoms with Gasteiger partial charge in [-0.2, -0.15) is 0 Å². The molecule has 3 heteroatoms. The van der Waals surface area contributed by atoms with Gasteiger partial charge >= 0.3 is 0 Å². The number of carbonyl (C=O) groups excluding carboxylic acids is 1. The second kappa shape index (κ2) is 4.67. The maximum absolute atomic E-state index is 11.8. The van der Waals surface area contributed by atoms with Crippen LogP contribution in [0.1, 0.15) is 58.8 Å². The molecule has 0 amide bonds. The van der Waals surface area contributed by atoms with Crippen molar-refractivity contribution in [3.05, 3.63) is 11.6 Å². The van der Waals surface area contributed by atoms with E-state index in [1.54, 1.807) is 0 Å². The molecule has 122 valence electrons. The van der Waals surface area contributed by atoms with Crippen LogP contribution in [-0.2, 0) is 4.79 Å². The van der Waals surface area contributed by atoms with Gasteiger partial charge in [-0.1, -0.05) is 19.4 Å². The molecule has 0 aromatic heterocycles. The maximum Gasteiger partial charge on any atom is 0.155 e. The van der Waals surface area contributed by atoms with E-state index in [0.717, 1.165) is 32.1 Å². The molecule has 0 saturated heterocycles. The molecule has 0 heterocycles. The molecule has 0 radical (unpaired) electrons. The third kappa shape index (κ3) is 1.78. The molecule has 22 heavy (non-hydrogen) atoms. The Labute approximate surface area is 132 Å². The number of aliphatic hydroxyl groups is 2. The number of fused-ring (bicyclic) bond motifs is 5. The molecule has 4 rings (SSSR count). The van der Waals surface area contributed by atoms with Crippen molar-refractivity contribution in [3.8, 4) is 0 Å². The summed E-state index contributed by atoms with van der Waals surface area (Å²) in [4.78, 5) is 11.8. The molecule has 3 fully saturated rings. The molecular weight excluding hydrogens is 276 g/mol. The van der Waals surface area contributed by atoms with E-state index in [9.17, 15) is 15.0 Å². The van der Waals surface area contributed by atoms with Crippen LogP contribution in [-0.4, -0.2) is 28.2 Å². The fourth-order valence-electron chi connectivity index (χ4n) is 6.50. The number of hydrogen-bond acceptors (Lipinski definition) is 3. The van der Waals surface area contributed by atoms with Crippen LogP contribution < -0.4 is 0 Å². The third-order valence-corrected chi connectivity index (χ3v) is 7.93. The quantitative estimate of drug-likeness (QED) is 0.723. The van der Waals surface area contributed by atoms with Gasteiger partial charge in [-0.25, -0.2) is 0 Å². The van der Waals surface area contributed by atoms with Crippen LogP contribution in [0.25, 0.3) is 0 Å². The van der Waals surface area contributed by atoms with Crippen LogP contribution in [0, 0.1) is 28.6 Å². The normalized spacial score (nSPS) is 54.3. The Balaban J connectivity index is 1.74. The molecule has 3 nitrogen and oxygen atoms in total. The first-order chi connectivity index (χ1) is 10.4. The van der Waals surface area contributed by atoms with Gasteiger partial charge in [0.05, 0.1) is 12.2 Å². The van der Waals surface area contributed by atoms with Crippen molar-refractivity contribution in [2.45, 2.75) is 71.0 Å². The van der Waals surface area contributed by atoms with Crippen molar-refractivity contribution in [3.63, 3.8) is 0 Å². The standard InChI is InChI=1S/C19H28O3/c1-18-7-5-12(20)9-11(18)10-15(21)17-13-3-4-16(22)19(13,2)8-6-14(17)18/h9,13-17,21-22H,3-8,10H2,1-2H3/t13?,14?,15?,16-,17?,18-,19-/m0/s1. The molecule has 7 atom stereocenters. The van der Waals surface area contributed by atoms with E-state index in [4.69, 9.17) is 0 Å². The van der Waals surface area contributed by atoms with Gasteiger partial charge in [0.1, 0.15) is 0 Å². The van der Waals surface area contributed by atoms with Gasteiger partial charge < -0.3 is 10.2 Å². The average Bonchev–Trinajstić information content (AvgIpc) is 2.77. The molecule has 4 aliphatic rings. The number of aliphatic hydroxyl groups excluding tert-OH is 2. The lowest BCUT2D eigenvalue weighted by Crippen LogP contribution is -2.55. The highest BCUT2D eigenvalue weighted by molar-refractivity contribution is 5.91. The predicted octanol–water partition coefficient (Wildman–Crippen LogP) is 2.85. The first-order valence-electron chi connectivity index (χ1n) is 8.96. The van der Waals surface area contributed by atoms with Crippen LogP contribution >= 0.6 is 0 Å². The molecule has 0 spiro atoms. The Morgan fingerprint density at radius 3 is 2.64 bits per heavy atom. The van der Waals surface area contributed by atoms with Gasteiger partial charge in [-0.15, -0.1) is 0 Å². The number of ketones is 1. The minimum atomic E-state index is -0.342. The predicted molar refractivity (Wildman–Crippen MR) is 84.1 cm³/mol. The van der Waals surface area contributed by atoms with Gasteiger partial charge in [-0.05, 0) is 73.2 Å². The summed E-state index contributed by atoms with van der Waals surface area (Å²) in [6, 6.07) is 0. The molecule has 4 aliphatic carbocycles. The zero-order valence-electron chi connectivity index (χ0n) is 13.7. The Morgan fingerprint density at radius 1 is 1.09 bits per heavy atom. The van der Waals surface area contributed by atoms with Gasteiger partial charge in [0.25, 0.3) is 0 Å². The fraction of sp³-hybridized carbons (Fsp3) is 0.842. The summed E-state index contributed by atoms with van der Waals surface area (Å²) >= 11 is 0. The van der Waals surface area contributed by atoms with E-state index in [1.807, 2.05) is 6.08 Å². The zero-order chi connectivity index (χ0) is 15.7. The molecule has 0 bridgehead atoms. The SMILES string of the molecule is C[C@]12CCC(=O)C=C1CC(O)C1C2CC[C@@]2(C)C1CC[C@@H]2O. The van der Waals surface area contributed by atoms with Crippen molar-refractivity contribution in [1.82, 2.24) is 0 Å². The summed E-state index contributed by atoms with van der Waals surface area (Å²) < 4.78 is 0. The number of hydrogen-bond donors (Lipinski definition) is 2. The van der Waals surface area contributed by atoms with Crippen molar-refractivity contribution in [2.75, 3.05) is 0 Å². The molecule has 3 saturated carbocycles. The van der Waals surface area contributed by atoms with Crippen LogP contribution in [0.2, 0.25) is 0 Å². The minimum absolute atomic E-state index is 0.00971. The summed E-state index contributed by atoms with van der Waals surface area (Å²) in [5, 5.41) is 21.3. The summed E-state index contributed by atoms with van der Waals surface area (Å²) in [7, 11) is 0. The second-order valence-corrected chi connectivity index (χ2v) is 8.75. The van der Waals surface area contributed by atoms with Crippen LogP contribution in [0.15, 0.2) is 11.6 Å².